The van der Waals surface area contributed by atoms with Gasteiger partial charge < -0.3 is 0 Å². The minimum atomic E-state index is 1.33. The Morgan fingerprint density at radius 1 is 1.36 bits per heavy atom. The van der Waals surface area contributed by atoms with Gasteiger partial charge in [0, 0.05) is 0 Å². The molecule has 0 spiro atoms. The summed E-state index contributed by atoms with van der Waals surface area (Å²) >= 11 is 0. The van der Waals surface area contributed by atoms with E-state index in [0.29, 0.717) is 0 Å². The van der Waals surface area contributed by atoms with Crippen LogP contribution in [-0.2, 0) is 0 Å². The molecule has 60 valence electrons. The lowest BCUT2D eigenvalue weighted by Gasteiger charge is -2.17. The Bertz CT molecular complexity index is 212. The second-order valence-corrected chi connectivity index (χ2v) is 3.71. The van der Waals surface area contributed by atoms with Crippen molar-refractivity contribution in [2.75, 3.05) is 0 Å². The lowest BCUT2D eigenvalue weighted by Crippen LogP contribution is -1.98. The van der Waals surface area contributed by atoms with Crippen molar-refractivity contribution in [3.63, 3.8) is 0 Å². The van der Waals surface area contributed by atoms with Gasteiger partial charge in [-0.25, -0.2) is 0 Å². The molecule has 2 aliphatic rings. The van der Waals surface area contributed by atoms with E-state index in [9.17, 15) is 0 Å². The van der Waals surface area contributed by atoms with E-state index in [1.54, 1.807) is 16.7 Å². The first-order valence-electron chi connectivity index (χ1n) is 4.80. The van der Waals surface area contributed by atoms with E-state index in [0.717, 1.165) is 0 Å². The third-order valence-electron chi connectivity index (χ3n) is 2.60. The quantitative estimate of drug-likeness (QED) is 0.573. The molecule has 2 aliphatic carbocycles. The van der Waals surface area contributed by atoms with Crippen LogP contribution in [0.25, 0.3) is 0 Å². The molecule has 0 heterocycles. The van der Waals surface area contributed by atoms with Gasteiger partial charge in [0.05, 0.1) is 0 Å². The van der Waals surface area contributed by atoms with E-state index in [2.05, 4.69) is 13.0 Å². The third kappa shape index (κ3) is 1.55. The van der Waals surface area contributed by atoms with Gasteiger partial charge in [-0.3, -0.25) is 0 Å². The van der Waals surface area contributed by atoms with Gasteiger partial charge in [-0.2, -0.15) is 0 Å². The van der Waals surface area contributed by atoms with Gasteiger partial charge in [-0.1, -0.05) is 30.6 Å². The maximum Gasteiger partial charge on any atom is -0.00643 e. The highest BCUT2D eigenvalue weighted by Crippen LogP contribution is 2.40. The molecule has 0 bridgehead atoms. The van der Waals surface area contributed by atoms with Crippen molar-refractivity contribution in [3.05, 3.63) is 22.8 Å². The Hall–Kier alpha value is -0.520. The van der Waals surface area contributed by atoms with Crippen molar-refractivity contribution in [3.8, 4) is 0 Å². The summed E-state index contributed by atoms with van der Waals surface area (Å²) in [5.41, 5.74) is 5.11. The molecular formula is C11H16. The molecule has 11 heavy (non-hydrogen) atoms. The highest BCUT2D eigenvalue weighted by atomic mass is 14.3. The molecule has 0 aromatic carbocycles. The number of unbranched alkanes of at least 4 members (excludes halogenated alkanes) is 1. The monoisotopic (exact) mass is 148 g/mol. The zero-order valence-electron chi connectivity index (χ0n) is 7.32. The largest absolute Gasteiger partial charge is 0.0660 e. The molecule has 1 saturated carbocycles. The Morgan fingerprint density at radius 3 is 2.64 bits per heavy atom. The van der Waals surface area contributed by atoms with E-state index in [1.165, 1.54) is 38.5 Å². The van der Waals surface area contributed by atoms with E-state index in [4.69, 9.17) is 0 Å². The number of allylic oxidation sites excluding steroid dienone is 4. The molecule has 1 fully saturated rings. The zero-order valence-corrected chi connectivity index (χ0v) is 7.32. The van der Waals surface area contributed by atoms with Gasteiger partial charge in [0.15, 0.2) is 0 Å². The first kappa shape index (κ1) is 7.15. The van der Waals surface area contributed by atoms with Crippen LogP contribution in [0.4, 0.5) is 0 Å². The van der Waals surface area contributed by atoms with Crippen LogP contribution in [0.15, 0.2) is 22.8 Å². The van der Waals surface area contributed by atoms with Crippen LogP contribution >= 0.6 is 0 Å². The third-order valence-corrected chi connectivity index (χ3v) is 2.60. The van der Waals surface area contributed by atoms with Gasteiger partial charge in [0.25, 0.3) is 0 Å². The fourth-order valence-electron chi connectivity index (χ4n) is 1.64. The van der Waals surface area contributed by atoms with Crippen LogP contribution in [0.2, 0.25) is 0 Å². The molecule has 0 aliphatic heterocycles. The topological polar surface area (TPSA) is 0 Å². The van der Waals surface area contributed by atoms with Crippen LogP contribution in [0, 0.1) is 0 Å². The molecule has 0 nitrogen and oxygen atoms in total. The molecule has 0 aromatic heterocycles. The van der Waals surface area contributed by atoms with Gasteiger partial charge in [0.1, 0.15) is 0 Å². The van der Waals surface area contributed by atoms with Crippen molar-refractivity contribution in [1.82, 2.24) is 0 Å². The predicted molar refractivity (Wildman–Crippen MR) is 48.5 cm³/mol. The number of hydrogen-bond acceptors (Lipinski definition) is 0. The average Bonchev–Trinajstić information content (AvgIpc) is 2.68. The summed E-state index contributed by atoms with van der Waals surface area (Å²) in [5, 5.41) is 0. The second-order valence-electron chi connectivity index (χ2n) is 3.71. The van der Waals surface area contributed by atoms with Crippen molar-refractivity contribution in [2.24, 2.45) is 0 Å². The first-order valence-corrected chi connectivity index (χ1v) is 4.80. The maximum absolute atomic E-state index is 2.43. The smallest absolute Gasteiger partial charge is 0.00643 e. The summed E-state index contributed by atoms with van der Waals surface area (Å²) in [4.78, 5) is 0. The van der Waals surface area contributed by atoms with Gasteiger partial charge >= 0.3 is 0 Å². The highest BCUT2D eigenvalue weighted by molar-refractivity contribution is 5.45. The average molecular weight is 148 g/mol. The Labute approximate surface area is 69.0 Å². The summed E-state index contributed by atoms with van der Waals surface area (Å²) < 4.78 is 0. The lowest BCUT2D eigenvalue weighted by atomic mass is 9.88. The van der Waals surface area contributed by atoms with Crippen LogP contribution in [0.1, 0.15) is 45.4 Å². The van der Waals surface area contributed by atoms with Crippen molar-refractivity contribution in [2.45, 2.75) is 45.4 Å². The molecule has 0 heteroatoms. The van der Waals surface area contributed by atoms with Crippen molar-refractivity contribution >= 4 is 0 Å². The molecule has 2 rings (SSSR count). The second kappa shape index (κ2) is 2.84. The Morgan fingerprint density at radius 2 is 2.09 bits per heavy atom. The Balaban J connectivity index is 1.83. The van der Waals surface area contributed by atoms with Crippen LogP contribution in [-0.4, -0.2) is 0 Å². The lowest BCUT2D eigenvalue weighted by molar-refractivity contribution is 0.755. The molecular weight excluding hydrogens is 132 g/mol. The molecule has 0 atom stereocenters. The minimum absolute atomic E-state index is 1.33. The normalized spacial score (nSPS) is 21.4. The van der Waals surface area contributed by atoms with E-state index >= 15 is 0 Å². The van der Waals surface area contributed by atoms with E-state index in [-0.39, 0.29) is 0 Å². The molecule has 0 radical (unpaired) electrons. The minimum Gasteiger partial charge on any atom is -0.0660 e. The number of rotatable bonds is 3. The standard InChI is InChI=1S/C11H16/c1-2-3-4-9-7-11(8-9)10-5-6-10/h7H,2-6,8H2,1H3. The Kier molecular flexibility index (Phi) is 1.85. The summed E-state index contributed by atoms with van der Waals surface area (Å²) in [5.74, 6) is 0. The zero-order chi connectivity index (χ0) is 7.68. The highest BCUT2D eigenvalue weighted by Gasteiger charge is 2.21. The maximum atomic E-state index is 2.43. The fourth-order valence-corrected chi connectivity index (χ4v) is 1.64. The SMILES string of the molecule is CCCCC1=CC(=C2CC2)C1. The van der Waals surface area contributed by atoms with Crippen LogP contribution in [0.5, 0.6) is 0 Å². The summed E-state index contributed by atoms with van der Waals surface area (Å²) in [6.45, 7) is 2.26. The van der Waals surface area contributed by atoms with E-state index in [1.807, 2.05) is 0 Å². The number of hydrogen-bond donors (Lipinski definition) is 0. The predicted octanol–water partition coefficient (Wildman–Crippen LogP) is 3.60. The summed E-state index contributed by atoms with van der Waals surface area (Å²) in [6.07, 6.45) is 10.6. The molecule has 0 N–H and O–H groups in total. The van der Waals surface area contributed by atoms with Gasteiger partial charge in [-0.05, 0) is 37.7 Å². The van der Waals surface area contributed by atoms with Crippen molar-refractivity contribution in [1.29, 1.82) is 0 Å². The van der Waals surface area contributed by atoms with Crippen molar-refractivity contribution < 1.29 is 0 Å². The summed E-state index contributed by atoms with van der Waals surface area (Å²) in [6, 6.07) is 0. The van der Waals surface area contributed by atoms with Gasteiger partial charge in [0.2, 0.25) is 0 Å². The fraction of sp³-hybridized carbons (Fsp3) is 0.636. The van der Waals surface area contributed by atoms with Crippen LogP contribution < -0.4 is 0 Å². The van der Waals surface area contributed by atoms with Crippen LogP contribution in [0.3, 0.4) is 0 Å². The first-order chi connectivity index (χ1) is 5.40. The molecule has 0 unspecified atom stereocenters. The summed E-state index contributed by atoms with van der Waals surface area (Å²) in [7, 11) is 0. The van der Waals surface area contributed by atoms with E-state index < -0.39 is 0 Å². The molecule has 0 amide bonds. The molecule has 0 saturated heterocycles. The van der Waals surface area contributed by atoms with Gasteiger partial charge in [-0.15, -0.1) is 0 Å². The molecule has 0 aromatic rings.